The van der Waals surface area contributed by atoms with Gasteiger partial charge in [-0.25, -0.2) is 18.0 Å². The number of hydrogen-bond donors (Lipinski definition) is 0. The molecule has 0 N–H and O–H groups in total. The molecule has 0 atom stereocenters. The van der Waals surface area contributed by atoms with Gasteiger partial charge in [-0.1, -0.05) is 0 Å². The Hall–Kier alpha value is -2.35. The summed E-state index contributed by atoms with van der Waals surface area (Å²) in [5, 5.41) is -0.657. The summed E-state index contributed by atoms with van der Waals surface area (Å²) in [4.78, 5) is 24.6. The number of rotatable bonds is 3. The van der Waals surface area contributed by atoms with Gasteiger partial charge in [0.15, 0.2) is 17.5 Å². The Morgan fingerprint density at radius 1 is 1.28 bits per heavy atom. The van der Waals surface area contributed by atoms with Crippen LogP contribution in [0.5, 0.6) is 0 Å². The highest BCUT2D eigenvalue weighted by atomic mass is 19.2. The number of halogens is 3. The second-order valence-electron chi connectivity index (χ2n) is 5.72. The fraction of sp³-hybridized carbons (Fsp3) is 0.412. The van der Waals surface area contributed by atoms with E-state index < -0.39 is 39.8 Å². The lowest BCUT2D eigenvalue weighted by Crippen LogP contribution is -2.26. The number of carbonyl (C=O) groups excluding carboxylic acids is 1. The lowest BCUT2D eigenvalue weighted by Gasteiger charge is -2.27. The zero-order chi connectivity index (χ0) is 18.1. The molecule has 0 amide bonds. The number of hydrogen-bond acceptors (Lipinski definition) is 4. The number of nitrogens with zero attached hydrogens (tertiary/aromatic N) is 1. The van der Waals surface area contributed by atoms with E-state index in [1.54, 1.807) is 6.92 Å². The van der Waals surface area contributed by atoms with Crippen molar-refractivity contribution < 1.29 is 27.4 Å². The summed E-state index contributed by atoms with van der Waals surface area (Å²) >= 11 is 0. The van der Waals surface area contributed by atoms with Gasteiger partial charge in [0, 0.05) is 31.5 Å². The lowest BCUT2D eigenvalue weighted by molar-refractivity contribution is 0.0522. The summed E-state index contributed by atoms with van der Waals surface area (Å²) in [6.07, 6.45) is 2.29. The summed E-state index contributed by atoms with van der Waals surface area (Å²) in [5.41, 5.74) is -1.53. The van der Waals surface area contributed by atoms with Gasteiger partial charge in [-0.3, -0.25) is 4.79 Å². The van der Waals surface area contributed by atoms with Crippen LogP contribution in [0, 0.1) is 17.5 Å². The molecule has 1 saturated heterocycles. The van der Waals surface area contributed by atoms with Crippen LogP contribution in [0.25, 0.3) is 10.9 Å². The van der Waals surface area contributed by atoms with Crippen LogP contribution < -0.4 is 5.43 Å². The molecule has 0 aliphatic carbocycles. The Bertz CT molecular complexity index is 888. The van der Waals surface area contributed by atoms with Crippen molar-refractivity contribution in [1.29, 1.82) is 0 Å². The van der Waals surface area contributed by atoms with Gasteiger partial charge in [-0.2, -0.15) is 0 Å². The normalized spacial score (nSPS) is 15.5. The summed E-state index contributed by atoms with van der Waals surface area (Å²) in [5.74, 6) is -5.68. The van der Waals surface area contributed by atoms with E-state index in [1.807, 2.05) is 0 Å². The second kappa shape index (κ2) is 6.87. The van der Waals surface area contributed by atoms with Crippen LogP contribution in [0.3, 0.4) is 0 Å². The molecule has 2 aromatic rings. The molecule has 5 nitrogen and oxygen atoms in total. The molecule has 1 aliphatic rings. The van der Waals surface area contributed by atoms with Crippen molar-refractivity contribution in [3.05, 3.63) is 45.5 Å². The molecule has 0 radical (unpaired) electrons. The van der Waals surface area contributed by atoms with Gasteiger partial charge in [0.1, 0.15) is 5.56 Å². The fourth-order valence-corrected chi connectivity index (χ4v) is 3.02. The van der Waals surface area contributed by atoms with Crippen LogP contribution >= 0.6 is 0 Å². The topological polar surface area (TPSA) is 57.5 Å². The minimum atomic E-state index is -1.75. The Balaban J connectivity index is 2.34. The van der Waals surface area contributed by atoms with E-state index in [0.29, 0.717) is 26.1 Å². The summed E-state index contributed by atoms with van der Waals surface area (Å²) < 4.78 is 53.2. The molecule has 8 heteroatoms. The monoisotopic (exact) mass is 355 g/mol. The highest BCUT2D eigenvalue weighted by molar-refractivity contribution is 5.94. The molecule has 1 aromatic carbocycles. The average molecular weight is 355 g/mol. The van der Waals surface area contributed by atoms with E-state index in [-0.39, 0.29) is 18.2 Å². The summed E-state index contributed by atoms with van der Waals surface area (Å²) in [7, 11) is 0. The maximum absolute atomic E-state index is 14.3. The number of aromatic nitrogens is 1. The molecule has 1 aromatic heterocycles. The SMILES string of the molecule is CCOC(=O)c1cn(C2CCOCC2)c2cc(F)c(F)c(F)c2c1=O. The number of carbonyl (C=O) groups is 1. The van der Waals surface area contributed by atoms with E-state index in [4.69, 9.17) is 9.47 Å². The third-order valence-corrected chi connectivity index (χ3v) is 4.24. The summed E-state index contributed by atoms with van der Waals surface area (Å²) in [6.45, 7) is 2.44. The van der Waals surface area contributed by atoms with Gasteiger partial charge >= 0.3 is 5.97 Å². The highest BCUT2D eigenvalue weighted by Gasteiger charge is 2.26. The van der Waals surface area contributed by atoms with Crippen LogP contribution in [0.2, 0.25) is 0 Å². The van der Waals surface area contributed by atoms with Crippen molar-refractivity contribution in [1.82, 2.24) is 4.57 Å². The lowest BCUT2D eigenvalue weighted by atomic mass is 10.0. The van der Waals surface area contributed by atoms with Crippen LogP contribution in [0.15, 0.2) is 17.1 Å². The first kappa shape index (κ1) is 17.5. The molecule has 3 rings (SSSR count). The average Bonchev–Trinajstić information content (AvgIpc) is 2.60. The number of ether oxygens (including phenoxy) is 2. The first-order chi connectivity index (χ1) is 12.0. The molecule has 0 bridgehead atoms. The molecule has 1 fully saturated rings. The molecule has 0 saturated carbocycles. The van der Waals surface area contributed by atoms with Crippen molar-refractivity contribution in [2.24, 2.45) is 0 Å². The molecule has 0 spiro atoms. The van der Waals surface area contributed by atoms with Crippen molar-refractivity contribution in [2.75, 3.05) is 19.8 Å². The predicted octanol–water partition coefficient (Wildman–Crippen LogP) is 2.95. The van der Waals surface area contributed by atoms with Gasteiger partial charge in [-0.15, -0.1) is 0 Å². The van der Waals surface area contributed by atoms with Gasteiger partial charge in [0.05, 0.1) is 17.5 Å². The Morgan fingerprint density at radius 3 is 2.60 bits per heavy atom. The standard InChI is InChI=1S/C17H16F3NO4/c1-2-25-17(23)10-8-21(9-3-5-24-6-4-9)12-7-11(18)14(19)15(20)13(12)16(10)22/h7-9H,2-6H2,1H3. The summed E-state index contributed by atoms with van der Waals surface area (Å²) in [6, 6.07) is 0.536. The predicted molar refractivity (Wildman–Crippen MR) is 83.1 cm³/mol. The second-order valence-corrected chi connectivity index (χ2v) is 5.72. The van der Waals surface area contributed by atoms with Crippen LogP contribution in [-0.2, 0) is 9.47 Å². The number of fused-ring (bicyclic) bond motifs is 1. The molecule has 2 heterocycles. The molecule has 25 heavy (non-hydrogen) atoms. The largest absolute Gasteiger partial charge is 0.462 e. The van der Waals surface area contributed by atoms with Crippen molar-refractivity contribution >= 4 is 16.9 Å². The maximum atomic E-state index is 14.3. The van der Waals surface area contributed by atoms with E-state index in [1.165, 1.54) is 10.8 Å². The molecule has 1 aliphatic heterocycles. The van der Waals surface area contributed by atoms with Crippen LogP contribution in [0.4, 0.5) is 13.2 Å². The van der Waals surface area contributed by atoms with Crippen LogP contribution in [0.1, 0.15) is 36.2 Å². The van der Waals surface area contributed by atoms with Gasteiger partial charge in [0.25, 0.3) is 0 Å². The van der Waals surface area contributed by atoms with Gasteiger partial charge in [-0.05, 0) is 19.8 Å². The van der Waals surface area contributed by atoms with E-state index in [0.717, 1.165) is 6.07 Å². The zero-order valence-corrected chi connectivity index (χ0v) is 13.5. The highest BCUT2D eigenvalue weighted by Crippen LogP contribution is 2.28. The minimum Gasteiger partial charge on any atom is -0.462 e. The fourth-order valence-electron chi connectivity index (χ4n) is 3.02. The van der Waals surface area contributed by atoms with Crippen LogP contribution in [-0.4, -0.2) is 30.4 Å². The number of pyridine rings is 1. The molecule has 0 unspecified atom stereocenters. The van der Waals surface area contributed by atoms with Crippen molar-refractivity contribution in [3.63, 3.8) is 0 Å². The molecule has 134 valence electrons. The number of esters is 1. The molecular formula is C17H16F3NO4. The first-order valence-electron chi connectivity index (χ1n) is 7.92. The third kappa shape index (κ3) is 3.02. The van der Waals surface area contributed by atoms with E-state index in [2.05, 4.69) is 0 Å². The quantitative estimate of drug-likeness (QED) is 0.627. The number of benzene rings is 1. The third-order valence-electron chi connectivity index (χ3n) is 4.24. The first-order valence-corrected chi connectivity index (χ1v) is 7.92. The van der Waals surface area contributed by atoms with Gasteiger partial charge < -0.3 is 14.0 Å². The Kier molecular flexibility index (Phi) is 4.80. The van der Waals surface area contributed by atoms with Gasteiger partial charge in [0.2, 0.25) is 5.43 Å². The van der Waals surface area contributed by atoms with Crippen molar-refractivity contribution in [2.45, 2.75) is 25.8 Å². The molecular weight excluding hydrogens is 339 g/mol. The smallest absolute Gasteiger partial charge is 0.343 e. The maximum Gasteiger partial charge on any atom is 0.343 e. The van der Waals surface area contributed by atoms with E-state index in [9.17, 15) is 22.8 Å². The Labute approximate surface area is 141 Å². The minimum absolute atomic E-state index is 0.0217. The van der Waals surface area contributed by atoms with Crippen molar-refractivity contribution in [3.8, 4) is 0 Å². The zero-order valence-electron chi connectivity index (χ0n) is 13.5. The Morgan fingerprint density at radius 2 is 1.96 bits per heavy atom. The van der Waals surface area contributed by atoms with E-state index >= 15 is 0 Å².